The van der Waals surface area contributed by atoms with E-state index in [1.807, 2.05) is 0 Å². The molecule has 1 unspecified atom stereocenters. The number of carbonyl (C=O) groups is 1. The van der Waals surface area contributed by atoms with Crippen molar-refractivity contribution in [2.24, 2.45) is 0 Å². The Morgan fingerprint density at radius 3 is 1.53 bits per heavy atom. The van der Waals surface area contributed by atoms with Gasteiger partial charge in [0, 0.05) is 5.57 Å². The maximum Gasteiger partial charge on any atom is 0.560 e. The summed E-state index contributed by atoms with van der Waals surface area (Å²) in [6, 6.07) is 0. The zero-order chi connectivity index (χ0) is 22.5. The lowest BCUT2D eigenvalue weighted by Crippen LogP contribution is -2.08. The van der Waals surface area contributed by atoms with Gasteiger partial charge in [-0.25, -0.2) is 14.2 Å². The maximum absolute atomic E-state index is 12.2. The van der Waals surface area contributed by atoms with Gasteiger partial charge in [-0.15, -0.1) is 4.67 Å². The Kier molecular flexibility index (Phi) is 19.8. The van der Waals surface area contributed by atoms with Crippen molar-refractivity contribution < 1.29 is 28.0 Å². The van der Waals surface area contributed by atoms with Crippen molar-refractivity contribution in [2.45, 2.75) is 117 Å². The van der Waals surface area contributed by atoms with Crippen LogP contribution >= 0.6 is 7.82 Å². The van der Waals surface area contributed by atoms with Gasteiger partial charge in [0.1, 0.15) is 0 Å². The third kappa shape index (κ3) is 18.1. The summed E-state index contributed by atoms with van der Waals surface area (Å²) in [7, 11) is -2.87. The van der Waals surface area contributed by atoms with Crippen LogP contribution in [0.3, 0.4) is 0 Å². The Labute approximate surface area is 184 Å². The van der Waals surface area contributed by atoms with E-state index < -0.39 is 13.8 Å². The minimum absolute atomic E-state index is 0.112. The van der Waals surface area contributed by atoms with Crippen LogP contribution in [-0.4, -0.2) is 19.7 Å². The van der Waals surface area contributed by atoms with E-state index in [0.717, 1.165) is 19.3 Å². The summed E-state index contributed by atoms with van der Waals surface area (Å²) in [5, 5.41) is 0. The highest BCUT2D eigenvalue weighted by molar-refractivity contribution is 7.49. The fourth-order valence-corrected chi connectivity index (χ4v) is 4.18. The highest BCUT2D eigenvalue weighted by Gasteiger charge is 2.32. The third-order valence-electron chi connectivity index (χ3n) is 4.96. The molecule has 0 aliphatic rings. The predicted molar refractivity (Wildman–Crippen MR) is 122 cm³/mol. The van der Waals surface area contributed by atoms with E-state index in [1.54, 1.807) is 0 Å². The van der Waals surface area contributed by atoms with Gasteiger partial charge in [0.25, 0.3) is 0 Å². The molecule has 0 aromatic heterocycles. The van der Waals surface area contributed by atoms with Crippen LogP contribution in [-0.2, 0) is 28.0 Å². The molecule has 0 aliphatic heterocycles. The maximum atomic E-state index is 12.2. The first kappa shape index (κ1) is 29.3. The molecule has 6 nitrogen and oxygen atoms in total. The molecule has 0 N–H and O–H groups in total. The minimum Gasteiger partial charge on any atom is -0.365 e. The highest BCUT2D eigenvalue weighted by atomic mass is 31.2. The molecule has 0 aromatic carbocycles. The topological polar surface area (TPSA) is 71.1 Å². The highest BCUT2D eigenvalue weighted by Crippen LogP contribution is 2.50. The van der Waals surface area contributed by atoms with Gasteiger partial charge in [-0.05, 0) is 13.3 Å². The SMILES string of the molecule is C=C(C)C(=O)OP(=O)(OCCCCCCCCCCCCCCCCCC)OOC. The molecule has 0 rings (SSSR count). The van der Waals surface area contributed by atoms with Crippen LogP contribution in [0.2, 0.25) is 0 Å². The van der Waals surface area contributed by atoms with Crippen LogP contribution in [0.4, 0.5) is 0 Å². The molecular weight excluding hydrogens is 403 g/mol. The number of hydrogen-bond donors (Lipinski definition) is 0. The second kappa shape index (κ2) is 20.2. The summed E-state index contributed by atoms with van der Waals surface area (Å²) < 4.78 is 26.6. The molecule has 178 valence electrons. The molecular formula is C23H45O6P. The Morgan fingerprint density at radius 1 is 0.767 bits per heavy atom. The van der Waals surface area contributed by atoms with Gasteiger partial charge in [-0.2, -0.15) is 0 Å². The molecule has 30 heavy (non-hydrogen) atoms. The Balaban J connectivity index is 3.51. The summed E-state index contributed by atoms with van der Waals surface area (Å²) in [5.41, 5.74) is 0.112. The van der Waals surface area contributed by atoms with Gasteiger partial charge in [0.15, 0.2) is 0 Å². The zero-order valence-electron chi connectivity index (χ0n) is 19.6. The molecule has 0 saturated heterocycles. The molecule has 0 bridgehead atoms. The molecule has 0 radical (unpaired) electrons. The standard InChI is InChI=1S/C23H45O6P/c1-5-6-7-8-9-10-11-12-13-14-15-16-17-18-19-20-21-27-30(25,29-26-4)28-23(24)22(2)3/h2,5-21H2,1,3-4H3. The van der Waals surface area contributed by atoms with Crippen LogP contribution < -0.4 is 0 Å². The fraction of sp³-hybridized carbons (Fsp3) is 0.870. The van der Waals surface area contributed by atoms with Gasteiger partial charge in [0.05, 0.1) is 13.7 Å². The van der Waals surface area contributed by atoms with Gasteiger partial charge in [-0.1, -0.05) is 110 Å². The lowest BCUT2D eigenvalue weighted by Gasteiger charge is -2.15. The summed E-state index contributed by atoms with van der Waals surface area (Å²) in [4.78, 5) is 15.9. The van der Waals surface area contributed by atoms with Crippen LogP contribution in [0.1, 0.15) is 117 Å². The van der Waals surface area contributed by atoms with Gasteiger partial charge in [0.2, 0.25) is 0 Å². The van der Waals surface area contributed by atoms with Crippen molar-refractivity contribution in [3.8, 4) is 0 Å². The van der Waals surface area contributed by atoms with Crippen LogP contribution in [0.25, 0.3) is 0 Å². The van der Waals surface area contributed by atoms with Crippen LogP contribution in [0.15, 0.2) is 12.2 Å². The molecule has 0 aromatic rings. The number of phosphoric acid groups is 1. The van der Waals surface area contributed by atoms with E-state index in [2.05, 4.69) is 23.1 Å². The number of carbonyl (C=O) groups excluding carboxylic acids is 1. The summed E-state index contributed by atoms with van der Waals surface area (Å²) >= 11 is 0. The summed E-state index contributed by atoms with van der Waals surface area (Å²) in [6.07, 6.45) is 20.4. The van der Waals surface area contributed by atoms with Gasteiger partial charge < -0.3 is 4.52 Å². The summed E-state index contributed by atoms with van der Waals surface area (Å²) in [5.74, 6) is -0.831. The van der Waals surface area contributed by atoms with Crippen molar-refractivity contribution in [1.29, 1.82) is 0 Å². The normalized spacial score (nSPS) is 13.2. The molecule has 0 heterocycles. The zero-order valence-corrected chi connectivity index (χ0v) is 20.5. The molecule has 0 saturated carbocycles. The van der Waals surface area contributed by atoms with E-state index in [0.29, 0.717) is 0 Å². The van der Waals surface area contributed by atoms with Crippen LogP contribution in [0.5, 0.6) is 0 Å². The Hall–Kier alpha value is -0.680. The van der Waals surface area contributed by atoms with Gasteiger partial charge in [-0.3, -0.25) is 4.52 Å². The average molecular weight is 449 g/mol. The number of hydrogen-bond acceptors (Lipinski definition) is 6. The molecule has 7 heteroatoms. The van der Waals surface area contributed by atoms with Crippen LogP contribution in [0, 0.1) is 0 Å². The molecule has 0 aliphatic carbocycles. The number of phosphoric ester groups is 1. The Morgan fingerprint density at radius 2 is 1.17 bits per heavy atom. The lowest BCUT2D eigenvalue weighted by atomic mass is 10.0. The first-order chi connectivity index (χ1) is 14.4. The summed E-state index contributed by atoms with van der Waals surface area (Å²) in [6.45, 7) is 7.33. The quantitative estimate of drug-likeness (QED) is 0.0548. The number of unbranched alkanes of at least 4 members (excludes halogenated alkanes) is 15. The van der Waals surface area contributed by atoms with Crippen molar-refractivity contribution in [3.05, 3.63) is 12.2 Å². The molecule has 1 atom stereocenters. The second-order valence-electron chi connectivity index (χ2n) is 7.98. The Bertz CT molecular complexity index is 480. The van der Waals surface area contributed by atoms with Crippen molar-refractivity contribution in [3.63, 3.8) is 0 Å². The predicted octanol–water partition coefficient (Wildman–Crippen LogP) is 8.07. The molecule has 0 fully saturated rings. The van der Waals surface area contributed by atoms with E-state index in [9.17, 15) is 9.36 Å². The second-order valence-corrected chi connectivity index (χ2v) is 9.47. The first-order valence-corrected chi connectivity index (χ1v) is 13.3. The number of rotatable bonds is 22. The smallest absolute Gasteiger partial charge is 0.365 e. The molecule has 0 spiro atoms. The average Bonchev–Trinajstić information content (AvgIpc) is 2.70. The van der Waals surface area contributed by atoms with E-state index in [-0.39, 0.29) is 12.2 Å². The molecule has 0 amide bonds. The monoisotopic (exact) mass is 448 g/mol. The minimum atomic E-state index is -4.05. The van der Waals surface area contributed by atoms with Crippen molar-refractivity contribution in [1.82, 2.24) is 0 Å². The van der Waals surface area contributed by atoms with E-state index in [4.69, 9.17) is 9.05 Å². The third-order valence-corrected chi connectivity index (χ3v) is 6.18. The van der Waals surface area contributed by atoms with E-state index >= 15 is 0 Å². The lowest BCUT2D eigenvalue weighted by molar-refractivity contribution is -0.201. The van der Waals surface area contributed by atoms with Crippen molar-refractivity contribution >= 4 is 13.8 Å². The largest absolute Gasteiger partial charge is 0.560 e. The van der Waals surface area contributed by atoms with E-state index in [1.165, 1.54) is 97.5 Å². The van der Waals surface area contributed by atoms with Crippen molar-refractivity contribution in [2.75, 3.05) is 13.7 Å². The first-order valence-electron chi connectivity index (χ1n) is 11.8. The van der Waals surface area contributed by atoms with Gasteiger partial charge >= 0.3 is 13.8 Å². The fourth-order valence-electron chi connectivity index (χ4n) is 3.16.